The van der Waals surface area contributed by atoms with E-state index in [-0.39, 0.29) is 17.8 Å². The molecular weight excluding hydrogens is 424 g/mol. The van der Waals surface area contributed by atoms with Crippen LogP contribution >= 0.6 is 11.8 Å². The van der Waals surface area contributed by atoms with Gasteiger partial charge in [-0.3, -0.25) is 9.36 Å². The second-order valence-electron chi connectivity index (χ2n) is 8.03. The predicted molar refractivity (Wildman–Crippen MR) is 126 cm³/mol. The summed E-state index contributed by atoms with van der Waals surface area (Å²) >= 11 is 1.35. The van der Waals surface area contributed by atoms with Crippen LogP contribution in [0.4, 0.5) is 5.69 Å². The van der Waals surface area contributed by atoms with Crippen molar-refractivity contribution < 1.29 is 14.3 Å². The van der Waals surface area contributed by atoms with E-state index in [1.54, 1.807) is 6.33 Å². The lowest BCUT2D eigenvalue weighted by atomic mass is 10.1. The highest BCUT2D eigenvalue weighted by molar-refractivity contribution is 7.99. The smallest absolute Gasteiger partial charge is 0.234 e. The number of nitrogens with zero attached hydrogens (tertiary/aromatic N) is 3. The number of aryl methyl sites for hydroxylation is 3. The van der Waals surface area contributed by atoms with Crippen LogP contribution in [0, 0.1) is 20.8 Å². The largest absolute Gasteiger partial charge is 0.489 e. The van der Waals surface area contributed by atoms with Crippen molar-refractivity contribution in [1.82, 2.24) is 14.8 Å². The van der Waals surface area contributed by atoms with Crippen LogP contribution in [0.3, 0.4) is 0 Å². The Hall–Kier alpha value is -2.84. The molecule has 32 heavy (non-hydrogen) atoms. The van der Waals surface area contributed by atoms with Crippen molar-refractivity contribution in [3.8, 4) is 11.4 Å². The molecule has 2 aromatic carbocycles. The number of thioether (sulfide) groups is 1. The summed E-state index contributed by atoms with van der Waals surface area (Å²) < 4.78 is 13.5. The Morgan fingerprint density at radius 3 is 2.88 bits per heavy atom. The summed E-state index contributed by atoms with van der Waals surface area (Å²) in [5.74, 6) is 0.746. The molecule has 0 radical (unpaired) electrons. The molecule has 1 saturated heterocycles. The number of nitrogens with one attached hydrogen (secondary N) is 1. The Bertz CT molecular complexity index is 1090. The number of aromatic nitrogens is 3. The molecule has 1 aliphatic rings. The molecule has 0 bridgehead atoms. The van der Waals surface area contributed by atoms with Crippen molar-refractivity contribution >= 4 is 23.4 Å². The molecule has 8 heteroatoms. The predicted octanol–water partition coefficient (Wildman–Crippen LogP) is 4.48. The van der Waals surface area contributed by atoms with Crippen LogP contribution in [0.2, 0.25) is 0 Å². The third kappa shape index (κ3) is 5.49. The summed E-state index contributed by atoms with van der Waals surface area (Å²) in [7, 11) is 0. The third-order valence-corrected chi connectivity index (χ3v) is 6.42. The molecule has 1 atom stereocenters. The van der Waals surface area contributed by atoms with Crippen LogP contribution in [0.5, 0.6) is 5.75 Å². The van der Waals surface area contributed by atoms with E-state index >= 15 is 0 Å². The summed E-state index contributed by atoms with van der Waals surface area (Å²) in [6, 6.07) is 12.0. The second-order valence-corrected chi connectivity index (χ2v) is 8.98. The van der Waals surface area contributed by atoms with E-state index in [0.29, 0.717) is 23.2 Å². The first kappa shape index (κ1) is 22.4. The van der Waals surface area contributed by atoms with Gasteiger partial charge in [0.15, 0.2) is 5.16 Å². The van der Waals surface area contributed by atoms with Gasteiger partial charge >= 0.3 is 0 Å². The van der Waals surface area contributed by atoms with Gasteiger partial charge in [-0.25, -0.2) is 0 Å². The molecule has 168 valence electrons. The highest BCUT2D eigenvalue weighted by atomic mass is 32.2. The number of hydrogen-bond donors (Lipinski definition) is 1. The van der Waals surface area contributed by atoms with Crippen molar-refractivity contribution in [3.63, 3.8) is 0 Å². The Balaban J connectivity index is 1.39. The molecule has 0 spiro atoms. The molecule has 7 nitrogen and oxygen atoms in total. The fourth-order valence-corrected chi connectivity index (χ4v) is 4.23. The average Bonchev–Trinajstić information content (AvgIpc) is 3.46. The topological polar surface area (TPSA) is 78.3 Å². The fraction of sp³-hybridized carbons (Fsp3) is 0.375. The number of hydrogen-bond acceptors (Lipinski definition) is 6. The maximum atomic E-state index is 12.7. The van der Waals surface area contributed by atoms with Crippen molar-refractivity contribution in [2.45, 2.75) is 44.9 Å². The maximum absolute atomic E-state index is 12.7. The lowest BCUT2D eigenvalue weighted by molar-refractivity contribution is -0.113. The van der Waals surface area contributed by atoms with Gasteiger partial charge in [0, 0.05) is 12.3 Å². The van der Waals surface area contributed by atoms with E-state index in [0.717, 1.165) is 30.7 Å². The lowest BCUT2D eigenvalue weighted by Gasteiger charge is -2.16. The van der Waals surface area contributed by atoms with Crippen molar-refractivity contribution in [2.24, 2.45) is 0 Å². The summed E-state index contributed by atoms with van der Waals surface area (Å²) in [4.78, 5) is 12.7. The molecule has 0 aliphatic carbocycles. The number of rotatable bonds is 8. The Labute approximate surface area is 192 Å². The summed E-state index contributed by atoms with van der Waals surface area (Å²) in [5, 5.41) is 11.8. The molecule has 0 saturated carbocycles. The van der Waals surface area contributed by atoms with Crippen LogP contribution in [-0.2, 0) is 9.53 Å². The van der Waals surface area contributed by atoms with Crippen molar-refractivity contribution in [2.75, 3.05) is 24.3 Å². The van der Waals surface area contributed by atoms with E-state index in [9.17, 15) is 4.79 Å². The minimum absolute atomic E-state index is 0.117. The van der Waals surface area contributed by atoms with E-state index in [4.69, 9.17) is 9.47 Å². The highest BCUT2D eigenvalue weighted by Gasteiger charge is 2.18. The summed E-state index contributed by atoms with van der Waals surface area (Å²) in [6.45, 7) is 7.42. The number of ether oxygens (including phenoxy) is 2. The monoisotopic (exact) mass is 452 g/mol. The average molecular weight is 453 g/mol. The number of carbonyl (C=O) groups is 1. The summed E-state index contributed by atoms with van der Waals surface area (Å²) in [6.07, 6.45) is 3.86. The zero-order valence-corrected chi connectivity index (χ0v) is 19.4. The van der Waals surface area contributed by atoms with Crippen LogP contribution in [0.1, 0.15) is 29.5 Å². The van der Waals surface area contributed by atoms with Crippen molar-refractivity contribution in [3.05, 3.63) is 59.4 Å². The summed E-state index contributed by atoms with van der Waals surface area (Å²) in [5.41, 5.74) is 5.13. The highest BCUT2D eigenvalue weighted by Crippen LogP contribution is 2.28. The van der Waals surface area contributed by atoms with Gasteiger partial charge in [-0.2, -0.15) is 0 Å². The van der Waals surface area contributed by atoms with Gasteiger partial charge in [-0.1, -0.05) is 23.9 Å². The van der Waals surface area contributed by atoms with Gasteiger partial charge in [0.05, 0.1) is 17.5 Å². The normalized spacial score (nSPS) is 15.7. The quantitative estimate of drug-likeness (QED) is 0.508. The van der Waals surface area contributed by atoms with Gasteiger partial charge in [0.2, 0.25) is 5.91 Å². The zero-order valence-electron chi connectivity index (χ0n) is 18.6. The van der Waals surface area contributed by atoms with Crippen molar-refractivity contribution in [1.29, 1.82) is 0 Å². The van der Waals surface area contributed by atoms with Crippen LogP contribution in [0.25, 0.3) is 5.69 Å². The number of anilines is 1. The fourth-order valence-electron chi connectivity index (χ4n) is 3.50. The van der Waals surface area contributed by atoms with E-state index in [2.05, 4.69) is 41.5 Å². The molecule has 1 amide bonds. The van der Waals surface area contributed by atoms with Crippen LogP contribution in [0.15, 0.2) is 47.9 Å². The Morgan fingerprint density at radius 1 is 1.22 bits per heavy atom. The van der Waals surface area contributed by atoms with E-state index < -0.39 is 0 Å². The van der Waals surface area contributed by atoms with Gasteiger partial charge in [0.25, 0.3) is 0 Å². The Kier molecular flexibility index (Phi) is 7.12. The zero-order chi connectivity index (χ0) is 22.5. The first-order valence-corrected chi connectivity index (χ1v) is 11.7. The molecule has 1 fully saturated rings. The van der Waals surface area contributed by atoms with Gasteiger partial charge < -0.3 is 14.8 Å². The third-order valence-electron chi connectivity index (χ3n) is 5.48. The second kappa shape index (κ2) is 10.2. The first-order chi connectivity index (χ1) is 15.5. The SMILES string of the molecule is Cc1ccc(NC(=O)CSc2nncn2-c2ccc(C)c(C)c2)c(OCC2CCCO2)c1. The molecule has 2 heterocycles. The number of carbonyl (C=O) groups excluding carboxylic acids is 1. The molecule has 3 aromatic rings. The van der Waals surface area contributed by atoms with Gasteiger partial charge in [-0.15, -0.1) is 10.2 Å². The molecule has 1 aliphatic heterocycles. The standard InChI is InChI=1S/C24H28N4O3S/c1-16-6-9-21(22(11-16)31-13-20-5-4-10-30-20)26-23(29)14-32-24-27-25-15-28(24)19-8-7-17(2)18(3)12-19/h6-9,11-12,15,20H,4-5,10,13-14H2,1-3H3,(H,26,29). The molecule has 1 unspecified atom stereocenters. The van der Waals surface area contributed by atoms with Gasteiger partial charge in [0.1, 0.15) is 18.7 Å². The Morgan fingerprint density at radius 2 is 2.09 bits per heavy atom. The van der Waals surface area contributed by atoms with E-state index in [1.807, 2.05) is 35.8 Å². The maximum Gasteiger partial charge on any atom is 0.234 e. The van der Waals surface area contributed by atoms with Crippen LogP contribution < -0.4 is 10.1 Å². The molecule has 4 rings (SSSR count). The number of amides is 1. The van der Waals surface area contributed by atoms with E-state index in [1.165, 1.54) is 22.9 Å². The molecule has 1 aromatic heterocycles. The van der Waals surface area contributed by atoms with Crippen LogP contribution in [-0.4, -0.2) is 45.7 Å². The number of benzene rings is 2. The first-order valence-electron chi connectivity index (χ1n) is 10.7. The molecular formula is C24H28N4O3S. The van der Waals surface area contributed by atoms with Gasteiger partial charge in [-0.05, 0) is 74.6 Å². The minimum Gasteiger partial charge on any atom is -0.489 e. The minimum atomic E-state index is -0.129. The lowest BCUT2D eigenvalue weighted by Crippen LogP contribution is -2.19. The molecule has 1 N–H and O–H groups in total.